The molecule has 0 spiro atoms. The Morgan fingerprint density at radius 3 is 2.25 bits per heavy atom. The van der Waals surface area contributed by atoms with Crippen molar-refractivity contribution in [1.29, 1.82) is 0 Å². The number of benzene rings is 2. The molecule has 0 aliphatic heterocycles. The molecular formula is C19H17F4NO3S. The van der Waals surface area contributed by atoms with Crippen LogP contribution in [0.5, 0.6) is 0 Å². The van der Waals surface area contributed by atoms with Gasteiger partial charge in [-0.25, -0.2) is 26.0 Å². The van der Waals surface area contributed by atoms with E-state index in [1.54, 1.807) is 0 Å². The monoisotopic (exact) mass is 415 g/mol. The topological polar surface area (TPSA) is 63.2 Å². The maximum absolute atomic E-state index is 14.1. The van der Waals surface area contributed by atoms with Crippen molar-refractivity contribution in [2.24, 2.45) is 11.8 Å². The number of amides is 1. The van der Waals surface area contributed by atoms with Crippen LogP contribution in [0.2, 0.25) is 0 Å². The summed E-state index contributed by atoms with van der Waals surface area (Å²) in [6, 6.07) is 3.86. The summed E-state index contributed by atoms with van der Waals surface area (Å²) in [5.74, 6) is -6.72. The van der Waals surface area contributed by atoms with Crippen molar-refractivity contribution in [3.8, 4) is 0 Å². The van der Waals surface area contributed by atoms with Gasteiger partial charge in [-0.15, -0.1) is 0 Å². The number of hydrogen-bond acceptors (Lipinski definition) is 3. The fourth-order valence-corrected chi connectivity index (χ4v) is 4.67. The molecule has 0 radical (unpaired) electrons. The highest BCUT2D eigenvalue weighted by molar-refractivity contribution is 7.91. The third kappa shape index (κ3) is 4.35. The predicted octanol–water partition coefficient (Wildman–Crippen LogP) is 4.32. The largest absolute Gasteiger partial charge is 0.322 e. The van der Waals surface area contributed by atoms with Gasteiger partial charge in [-0.05, 0) is 42.9 Å². The number of anilines is 1. The fourth-order valence-electron chi connectivity index (χ4n) is 2.94. The van der Waals surface area contributed by atoms with E-state index in [0.717, 1.165) is 31.0 Å². The molecule has 28 heavy (non-hydrogen) atoms. The lowest BCUT2D eigenvalue weighted by atomic mass is 10.1. The summed E-state index contributed by atoms with van der Waals surface area (Å²) in [4.78, 5) is 12.1. The second-order valence-corrected chi connectivity index (χ2v) is 8.98. The standard InChI is InChI=1S/C19H17F4NO3S/c1-10(11-2-3-11)9-28(26,27)13-4-5-15(20)14(8-13)19(25)24-12-6-16(21)18(23)17(22)7-12/h4-8,10-11H,2-3,9H2,1H3,(H,24,25)/t10-/m0/s1. The second-order valence-electron chi connectivity index (χ2n) is 6.95. The van der Waals surface area contributed by atoms with E-state index in [9.17, 15) is 30.8 Å². The van der Waals surface area contributed by atoms with Crippen molar-refractivity contribution in [3.05, 3.63) is 59.2 Å². The number of carbonyl (C=O) groups excluding carboxylic acids is 1. The van der Waals surface area contributed by atoms with Crippen LogP contribution in [0.1, 0.15) is 30.1 Å². The van der Waals surface area contributed by atoms with Crippen molar-refractivity contribution < 1.29 is 30.8 Å². The van der Waals surface area contributed by atoms with Gasteiger partial charge < -0.3 is 5.32 Å². The third-order valence-corrected chi connectivity index (χ3v) is 6.63. The Labute approximate surface area is 159 Å². The predicted molar refractivity (Wildman–Crippen MR) is 94.6 cm³/mol. The zero-order valence-corrected chi connectivity index (χ0v) is 15.6. The highest BCUT2D eigenvalue weighted by atomic mass is 32.2. The fraction of sp³-hybridized carbons (Fsp3) is 0.316. The minimum absolute atomic E-state index is 0.0579. The van der Waals surface area contributed by atoms with Gasteiger partial charge in [0.25, 0.3) is 5.91 Å². The van der Waals surface area contributed by atoms with Gasteiger partial charge in [0, 0.05) is 17.8 Å². The van der Waals surface area contributed by atoms with Crippen LogP contribution in [0.3, 0.4) is 0 Å². The van der Waals surface area contributed by atoms with Gasteiger partial charge in [0.2, 0.25) is 0 Å². The van der Waals surface area contributed by atoms with Gasteiger partial charge in [-0.1, -0.05) is 6.92 Å². The van der Waals surface area contributed by atoms with Gasteiger partial charge in [0.1, 0.15) is 5.82 Å². The summed E-state index contributed by atoms with van der Waals surface area (Å²) in [5.41, 5.74) is -1.04. The van der Waals surface area contributed by atoms with Gasteiger partial charge in [0.05, 0.1) is 16.2 Å². The summed E-state index contributed by atoms with van der Waals surface area (Å²) < 4.78 is 78.7. The Kier molecular flexibility index (Phi) is 5.47. The lowest BCUT2D eigenvalue weighted by molar-refractivity contribution is 0.102. The van der Waals surface area contributed by atoms with Crippen LogP contribution in [0.25, 0.3) is 0 Å². The first-order chi connectivity index (χ1) is 13.1. The molecule has 0 heterocycles. The highest BCUT2D eigenvalue weighted by Gasteiger charge is 2.32. The molecule has 9 heteroatoms. The molecule has 2 aromatic carbocycles. The molecule has 150 valence electrons. The Bertz CT molecular complexity index is 1010. The molecule has 3 rings (SSSR count). The smallest absolute Gasteiger partial charge is 0.258 e. The number of carbonyl (C=O) groups is 1. The first-order valence-electron chi connectivity index (χ1n) is 8.56. The van der Waals surface area contributed by atoms with Crippen LogP contribution < -0.4 is 5.32 Å². The molecule has 1 N–H and O–H groups in total. The van der Waals surface area contributed by atoms with Crippen LogP contribution >= 0.6 is 0 Å². The van der Waals surface area contributed by atoms with E-state index in [4.69, 9.17) is 0 Å². The van der Waals surface area contributed by atoms with E-state index in [1.807, 2.05) is 12.2 Å². The summed E-state index contributed by atoms with van der Waals surface area (Å²) in [7, 11) is -3.75. The third-order valence-electron chi connectivity index (χ3n) is 4.69. The molecule has 0 bridgehead atoms. The molecule has 4 nitrogen and oxygen atoms in total. The minimum Gasteiger partial charge on any atom is -0.322 e. The van der Waals surface area contributed by atoms with Crippen LogP contribution in [0, 0.1) is 35.1 Å². The van der Waals surface area contributed by atoms with Crippen molar-refractivity contribution in [1.82, 2.24) is 0 Å². The summed E-state index contributed by atoms with van der Waals surface area (Å²) in [6.45, 7) is 1.82. The normalized spacial score (nSPS) is 15.3. The van der Waals surface area contributed by atoms with E-state index < -0.39 is 50.3 Å². The molecule has 1 aliphatic carbocycles. The molecule has 1 aliphatic rings. The molecular weight excluding hydrogens is 398 g/mol. The molecule has 0 unspecified atom stereocenters. The number of halogens is 4. The minimum atomic E-state index is -3.75. The van der Waals surface area contributed by atoms with E-state index in [-0.39, 0.29) is 16.6 Å². The van der Waals surface area contributed by atoms with Crippen molar-refractivity contribution >= 4 is 21.4 Å². The van der Waals surface area contributed by atoms with E-state index >= 15 is 0 Å². The SMILES string of the molecule is C[C@@H](CS(=O)(=O)c1ccc(F)c(C(=O)Nc2cc(F)c(F)c(F)c2)c1)C1CC1. The zero-order chi connectivity index (χ0) is 20.6. The number of nitrogens with one attached hydrogen (secondary N) is 1. The highest BCUT2D eigenvalue weighted by Crippen LogP contribution is 2.38. The Balaban J connectivity index is 1.85. The number of sulfone groups is 1. The Morgan fingerprint density at radius 1 is 1.07 bits per heavy atom. The summed E-state index contributed by atoms with van der Waals surface area (Å²) >= 11 is 0. The second kappa shape index (κ2) is 7.54. The van der Waals surface area contributed by atoms with Crippen molar-refractivity contribution in [3.63, 3.8) is 0 Å². The number of rotatable bonds is 6. The maximum atomic E-state index is 14.1. The molecule has 0 saturated heterocycles. The molecule has 2 aromatic rings. The van der Waals surface area contributed by atoms with Crippen LogP contribution in [-0.4, -0.2) is 20.1 Å². The summed E-state index contributed by atoms with van der Waals surface area (Å²) in [5, 5.41) is 2.04. The lowest BCUT2D eigenvalue weighted by Gasteiger charge is -2.12. The van der Waals surface area contributed by atoms with Gasteiger partial charge in [-0.3, -0.25) is 4.79 Å². The average Bonchev–Trinajstić information content (AvgIpc) is 3.44. The van der Waals surface area contributed by atoms with Gasteiger partial charge in [-0.2, -0.15) is 0 Å². The van der Waals surface area contributed by atoms with E-state index in [1.165, 1.54) is 0 Å². The van der Waals surface area contributed by atoms with E-state index in [2.05, 4.69) is 0 Å². The van der Waals surface area contributed by atoms with Crippen LogP contribution in [0.4, 0.5) is 23.2 Å². The molecule has 1 saturated carbocycles. The Morgan fingerprint density at radius 2 is 1.68 bits per heavy atom. The summed E-state index contributed by atoms with van der Waals surface area (Å²) in [6.07, 6.45) is 1.94. The zero-order valence-electron chi connectivity index (χ0n) is 14.8. The number of hydrogen-bond donors (Lipinski definition) is 1. The van der Waals surface area contributed by atoms with Crippen LogP contribution in [-0.2, 0) is 9.84 Å². The van der Waals surface area contributed by atoms with E-state index in [0.29, 0.717) is 18.1 Å². The first kappa shape index (κ1) is 20.3. The molecule has 1 fully saturated rings. The molecule has 1 amide bonds. The van der Waals surface area contributed by atoms with Crippen LogP contribution in [0.15, 0.2) is 35.2 Å². The molecule has 1 atom stereocenters. The van der Waals surface area contributed by atoms with Gasteiger partial charge >= 0.3 is 0 Å². The Hall–Kier alpha value is -2.42. The first-order valence-corrected chi connectivity index (χ1v) is 10.2. The van der Waals surface area contributed by atoms with Crippen molar-refractivity contribution in [2.75, 3.05) is 11.1 Å². The lowest BCUT2D eigenvalue weighted by Crippen LogP contribution is -2.18. The average molecular weight is 415 g/mol. The molecule has 0 aromatic heterocycles. The van der Waals surface area contributed by atoms with Gasteiger partial charge in [0.15, 0.2) is 27.3 Å². The van der Waals surface area contributed by atoms with Crippen molar-refractivity contribution in [2.45, 2.75) is 24.7 Å². The quantitative estimate of drug-likeness (QED) is 0.434. The maximum Gasteiger partial charge on any atom is 0.258 e.